The molecule has 3 aliphatic rings. The predicted molar refractivity (Wildman–Crippen MR) is 128 cm³/mol. The van der Waals surface area contributed by atoms with Crippen molar-refractivity contribution < 1.29 is 9.18 Å². The fraction of sp³-hybridized carbons (Fsp3) is 0.333. The molecule has 1 fully saturated rings. The van der Waals surface area contributed by atoms with Gasteiger partial charge in [0.2, 0.25) is 5.91 Å². The fourth-order valence-electron chi connectivity index (χ4n) is 5.43. The molecule has 172 valence electrons. The standard InChI is InChI=1S/C27H26FN5O/c1-17-9-18(6-7-29-17)27-24-11-21-15-33(26(34)12-19(21)10-20(24)13-31-27)23-3-2-8-32(16-23)25-5-4-22(28)14-30-25/h4-7,9-11,14,23H,2-3,8,12-13,15-16H2,1H3/t23-/m1/s1. The first kappa shape index (κ1) is 21.0. The topological polar surface area (TPSA) is 61.7 Å². The van der Waals surface area contributed by atoms with Crippen LogP contribution in [0.4, 0.5) is 10.2 Å². The lowest BCUT2D eigenvalue weighted by atomic mass is 9.90. The minimum atomic E-state index is -0.336. The van der Waals surface area contributed by atoms with Crippen LogP contribution < -0.4 is 4.90 Å². The van der Waals surface area contributed by atoms with Gasteiger partial charge in [-0.15, -0.1) is 0 Å². The number of aromatic nitrogens is 2. The predicted octanol–water partition coefficient (Wildman–Crippen LogP) is 3.83. The summed E-state index contributed by atoms with van der Waals surface area (Å²) in [4.78, 5) is 30.7. The van der Waals surface area contributed by atoms with Gasteiger partial charge in [0.15, 0.2) is 0 Å². The van der Waals surface area contributed by atoms with Crippen molar-refractivity contribution in [2.24, 2.45) is 4.99 Å². The summed E-state index contributed by atoms with van der Waals surface area (Å²) in [7, 11) is 0. The number of hydrogen-bond acceptors (Lipinski definition) is 5. The van der Waals surface area contributed by atoms with Crippen LogP contribution in [0.2, 0.25) is 0 Å². The summed E-state index contributed by atoms with van der Waals surface area (Å²) in [5.74, 6) is 0.607. The number of rotatable bonds is 3. The van der Waals surface area contributed by atoms with Crippen molar-refractivity contribution in [3.05, 3.63) is 88.1 Å². The first-order valence-corrected chi connectivity index (χ1v) is 11.8. The maximum atomic E-state index is 13.3. The number of aliphatic imine (C=N–C) groups is 1. The highest BCUT2D eigenvalue weighted by atomic mass is 19.1. The van der Waals surface area contributed by atoms with Gasteiger partial charge in [-0.25, -0.2) is 9.37 Å². The van der Waals surface area contributed by atoms with Crippen molar-refractivity contribution in [2.75, 3.05) is 18.0 Å². The maximum absolute atomic E-state index is 13.3. The maximum Gasteiger partial charge on any atom is 0.227 e. The highest BCUT2D eigenvalue weighted by Gasteiger charge is 2.33. The van der Waals surface area contributed by atoms with E-state index in [1.165, 1.54) is 29.0 Å². The number of benzene rings is 1. The summed E-state index contributed by atoms with van der Waals surface area (Å²) < 4.78 is 13.3. The third-order valence-corrected chi connectivity index (χ3v) is 7.13. The quantitative estimate of drug-likeness (QED) is 0.602. The lowest BCUT2D eigenvalue weighted by molar-refractivity contribution is -0.134. The van der Waals surface area contributed by atoms with E-state index >= 15 is 0 Å². The molecule has 3 aliphatic heterocycles. The average Bonchev–Trinajstić information content (AvgIpc) is 3.25. The Kier molecular flexibility index (Phi) is 5.12. The molecule has 1 amide bonds. The molecule has 1 aromatic carbocycles. The third-order valence-electron chi connectivity index (χ3n) is 7.13. The van der Waals surface area contributed by atoms with E-state index in [0.29, 0.717) is 26.1 Å². The molecule has 0 unspecified atom stereocenters. The van der Waals surface area contributed by atoms with Crippen LogP contribution in [-0.2, 0) is 24.3 Å². The summed E-state index contributed by atoms with van der Waals surface area (Å²) >= 11 is 0. The van der Waals surface area contributed by atoms with Gasteiger partial charge in [-0.2, -0.15) is 0 Å². The third kappa shape index (κ3) is 3.75. The molecule has 6 rings (SSSR count). The molecular weight excluding hydrogens is 429 g/mol. The Morgan fingerprint density at radius 2 is 1.97 bits per heavy atom. The Morgan fingerprint density at radius 3 is 2.79 bits per heavy atom. The molecule has 2 aromatic heterocycles. The fourth-order valence-corrected chi connectivity index (χ4v) is 5.43. The number of carbonyl (C=O) groups excluding carboxylic acids is 1. The Balaban J connectivity index is 1.26. The molecular formula is C27H26FN5O. The van der Waals surface area contributed by atoms with Gasteiger partial charge in [0.1, 0.15) is 11.6 Å². The monoisotopic (exact) mass is 455 g/mol. The van der Waals surface area contributed by atoms with Gasteiger partial charge < -0.3 is 9.80 Å². The normalized spacial score (nSPS) is 19.6. The first-order valence-electron chi connectivity index (χ1n) is 11.8. The molecule has 34 heavy (non-hydrogen) atoms. The largest absolute Gasteiger partial charge is 0.355 e. The number of amides is 1. The molecule has 3 aromatic rings. The molecule has 1 atom stereocenters. The Morgan fingerprint density at radius 1 is 1.06 bits per heavy atom. The molecule has 0 bridgehead atoms. The highest BCUT2D eigenvalue weighted by Crippen LogP contribution is 2.32. The lowest BCUT2D eigenvalue weighted by Crippen LogP contribution is -2.52. The molecule has 0 spiro atoms. The van der Waals surface area contributed by atoms with Crippen molar-refractivity contribution in [3.8, 4) is 0 Å². The molecule has 0 radical (unpaired) electrons. The molecule has 0 N–H and O–H groups in total. The van der Waals surface area contributed by atoms with Gasteiger partial charge in [-0.05, 0) is 66.8 Å². The number of halogens is 1. The summed E-state index contributed by atoms with van der Waals surface area (Å²) in [6, 6.07) is 11.8. The summed E-state index contributed by atoms with van der Waals surface area (Å²) in [6.07, 6.45) is 5.45. The second-order valence-electron chi connectivity index (χ2n) is 9.40. The highest BCUT2D eigenvalue weighted by molar-refractivity contribution is 6.15. The van der Waals surface area contributed by atoms with Crippen molar-refractivity contribution in [3.63, 3.8) is 0 Å². The Hall–Kier alpha value is -3.61. The van der Waals surface area contributed by atoms with Crippen LogP contribution in [0.5, 0.6) is 0 Å². The summed E-state index contributed by atoms with van der Waals surface area (Å²) in [5, 5.41) is 0. The van der Waals surface area contributed by atoms with Crippen molar-refractivity contribution in [1.82, 2.24) is 14.9 Å². The van der Waals surface area contributed by atoms with E-state index in [1.807, 2.05) is 24.1 Å². The number of piperidine rings is 1. The SMILES string of the molecule is Cc1cc(C2=NCc3cc4c(cc32)CN([C@@H]2CCCN(c3ccc(F)cn3)C2)C(=O)C4)ccn1. The number of pyridine rings is 2. The van der Waals surface area contributed by atoms with Crippen LogP contribution in [-0.4, -0.2) is 45.6 Å². The van der Waals surface area contributed by atoms with Gasteiger partial charge in [0, 0.05) is 48.7 Å². The summed E-state index contributed by atoms with van der Waals surface area (Å²) in [6.45, 7) is 4.84. The number of aryl methyl sites for hydroxylation is 1. The van der Waals surface area contributed by atoms with Gasteiger partial charge in [0.05, 0.1) is 24.9 Å². The van der Waals surface area contributed by atoms with Gasteiger partial charge in [-0.3, -0.25) is 14.8 Å². The van der Waals surface area contributed by atoms with Crippen molar-refractivity contribution in [1.29, 1.82) is 0 Å². The number of fused-ring (bicyclic) bond motifs is 2. The zero-order valence-electron chi connectivity index (χ0n) is 19.2. The molecule has 5 heterocycles. The van der Waals surface area contributed by atoms with E-state index in [-0.39, 0.29) is 17.8 Å². The molecule has 1 saturated heterocycles. The van der Waals surface area contributed by atoms with Gasteiger partial charge in [0.25, 0.3) is 0 Å². The smallest absolute Gasteiger partial charge is 0.227 e. The second kappa shape index (κ2) is 8.31. The van der Waals surface area contributed by atoms with E-state index in [9.17, 15) is 9.18 Å². The molecule has 0 saturated carbocycles. The zero-order valence-corrected chi connectivity index (χ0v) is 19.2. The Labute approximate surface area is 198 Å². The van der Waals surface area contributed by atoms with Crippen LogP contribution >= 0.6 is 0 Å². The lowest BCUT2D eigenvalue weighted by Gasteiger charge is -2.42. The van der Waals surface area contributed by atoms with Crippen LogP contribution in [0.3, 0.4) is 0 Å². The van der Waals surface area contributed by atoms with Crippen molar-refractivity contribution in [2.45, 2.75) is 45.3 Å². The van der Waals surface area contributed by atoms with E-state index < -0.39 is 0 Å². The van der Waals surface area contributed by atoms with Crippen LogP contribution in [0.1, 0.15) is 46.4 Å². The zero-order chi connectivity index (χ0) is 23.2. The van der Waals surface area contributed by atoms with E-state index in [1.54, 1.807) is 6.07 Å². The van der Waals surface area contributed by atoms with E-state index in [4.69, 9.17) is 4.99 Å². The van der Waals surface area contributed by atoms with Gasteiger partial charge >= 0.3 is 0 Å². The Bertz CT molecular complexity index is 1300. The number of hydrogen-bond donors (Lipinski definition) is 0. The molecule has 0 aliphatic carbocycles. The second-order valence-corrected chi connectivity index (χ2v) is 9.40. The number of anilines is 1. The number of carbonyl (C=O) groups is 1. The van der Waals surface area contributed by atoms with Crippen LogP contribution in [0.25, 0.3) is 0 Å². The minimum absolute atomic E-state index is 0.116. The van der Waals surface area contributed by atoms with E-state index in [0.717, 1.165) is 47.7 Å². The number of nitrogens with zero attached hydrogens (tertiary/aromatic N) is 5. The average molecular weight is 456 g/mol. The van der Waals surface area contributed by atoms with Crippen LogP contribution in [0, 0.1) is 12.7 Å². The van der Waals surface area contributed by atoms with Gasteiger partial charge in [-0.1, -0.05) is 6.07 Å². The first-order chi connectivity index (χ1) is 16.5. The molecule has 7 heteroatoms. The summed E-state index contributed by atoms with van der Waals surface area (Å²) in [5.41, 5.74) is 7.75. The van der Waals surface area contributed by atoms with Crippen molar-refractivity contribution >= 4 is 17.4 Å². The van der Waals surface area contributed by atoms with Crippen LogP contribution in [0.15, 0.2) is 53.8 Å². The van der Waals surface area contributed by atoms with E-state index in [2.05, 4.69) is 33.1 Å². The molecule has 6 nitrogen and oxygen atoms in total. The minimum Gasteiger partial charge on any atom is -0.355 e.